The number of thioether (sulfide) groups is 1. The summed E-state index contributed by atoms with van der Waals surface area (Å²) in [4.78, 5) is 25.9. The summed E-state index contributed by atoms with van der Waals surface area (Å²) >= 11 is 11.5. The number of thiol groups is 1. The number of ether oxygens (including phenoxy) is 1. The highest BCUT2D eigenvalue weighted by Gasteiger charge is 2.18. The highest BCUT2D eigenvalue weighted by atomic mass is 35.5. The molecule has 0 saturated carbocycles. The van der Waals surface area contributed by atoms with Gasteiger partial charge in [-0.2, -0.15) is 0 Å². The summed E-state index contributed by atoms with van der Waals surface area (Å²) in [5.74, 6) is -0.943. The molecule has 0 aliphatic carbocycles. The van der Waals surface area contributed by atoms with Crippen LogP contribution >= 0.6 is 36.2 Å². The fourth-order valence-electron chi connectivity index (χ4n) is 2.79. The number of methoxy groups -OCH3 is 1. The molecule has 0 saturated heterocycles. The maximum absolute atomic E-state index is 13.8. The Labute approximate surface area is 199 Å². The van der Waals surface area contributed by atoms with Crippen molar-refractivity contribution in [3.8, 4) is 5.75 Å². The van der Waals surface area contributed by atoms with E-state index in [1.165, 1.54) is 43.1 Å². The third-order valence-corrected chi connectivity index (χ3v) is 5.70. The second-order valence-electron chi connectivity index (χ2n) is 6.34. The van der Waals surface area contributed by atoms with E-state index in [1.807, 2.05) is 6.07 Å². The monoisotopic (exact) mass is 491 g/mol. The maximum atomic E-state index is 13.8. The van der Waals surface area contributed by atoms with Crippen molar-refractivity contribution >= 4 is 65.2 Å². The van der Waals surface area contributed by atoms with Gasteiger partial charge in [0.05, 0.1) is 23.6 Å². The Morgan fingerprint density at radius 3 is 2.53 bits per heavy atom. The van der Waals surface area contributed by atoms with Crippen molar-refractivity contribution in [1.82, 2.24) is 0 Å². The summed E-state index contributed by atoms with van der Waals surface area (Å²) < 4.78 is 20.3. The first-order chi connectivity index (χ1) is 15.4. The van der Waals surface area contributed by atoms with E-state index in [0.717, 1.165) is 9.20 Å². The van der Waals surface area contributed by atoms with Crippen molar-refractivity contribution < 1.29 is 18.7 Å². The maximum Gasteiger partial charge on any atom is 0.336 e. The number of amides is 3. The molecular formula is C22H19ClFN3O3S2. The molecule has 0 atom stereocenters. The Kier molecular flexibility index (Phi) is 8.26. The minimum Gasteiger partial charge on any atom is -0.494 e. The average Bonchev–Trinajstić information content (AvgIpc) is 2.79. The first-order valence-electron chi connectivity index (χ1n) is 9.25. The first-order valence-corrected chi connectivity index (χ1v) is 11.2. The molecule has 0 fully saturated rings. The minimum atomic E-state index is -0.625. The first kappa shape index (κ1) is 23.8. The van der Waals surface area contributed by atoms with Gasteiger partial charge in [0.25, 0.3) is 5.91 Å². The molecule has 0 unspecified atom stereocenters. The molecule has 6 nitrogen and oxygen atoms in total. The molecule has 0 heterocycles. The van der Waals surface area contributed by atoms with E-state index >= 15 is 0 Å². The number of alkyl halides is 1. The van der Waals surface area contributed by atoms with E-state index in [9.17, 15) is 14.0 Å². The summed E-state index contributed by atoms with van der Waals surface area (Å²) in [5, 5.41) is 5.76. The van der Waals surface area contributed by atoms with Crippen LogP contribution < -0.4 is 19.7 Å². The zero-order valence-corrected chi connectivity index (χ0v) is 19.3. The van der Waals surface area contributed by atoms with Crippen molar-refractivity contribution in [3.63, 3.8) is 0 Å². The van der Waals surface area contributed by atoms with Gasteiger partial charge in [0.1, 0.15) is 11.6 Å². The van der Waals surface area contributed by atoms with Crippen LogP contribution in [-0.2, 0) is 0 Å². The van der Waals surface area contributed by atoms with E-state index in [4.69, 9.17) is 16.3 Å². The normalized spacial score (nSPS) is 10.4. The summed E-state index contributed by atoms with van der Waals surface area (Å²) in [6.45, 7) is 0. The molecule has 3 aromatic rings. The molecule has 0 bridgehead atoms. The number of carbonyl (C=O) groups is 2. The number of hydrogen-bond donors (Lipinski definition) is 3. The van der Waals surface area contributed by atoms with Crippen LogP contribution in [0.3, 0.4) is 0 Å². The lowest BCUT2D eigenvalue weighted by atomic mass is 10.2. The van der Waals surface area contributed by atoms with E-state index in [0.29, 0.717) is 22.3 Å². The highest BCUT2D eigenvalue weighted by Crippen LogP contribution is 2.33. The van der Waals surface area contributed by atoms with Crippen molar-refractivity contribution in [1.29, 1.82) is 0 Å². The number of anilines is 3. The van der Waals surface area contributed by atoms with E-state index in [2.05, 4.69) is 23.4 Å². The van der Waals surface area contributed by atoms with E-state index in [1.54, 1.807) is 36.4 Å². The highest BCUT2D eigenvalue weighted by molar-refractivity contribution is 8.00. The second-order valence-corrected chi connectivity index (χ2v) is 8.38. The van der Waals surface area contributed by atoms with Gasteiger partial charge in [-0.25, -0.2) is 13.5 Å². The topological polar surface area (TPSA) is 70.7 Å². The molecule has 2 N–H and O–H groups in total. The largest absolute Gasteiger partial charge is 0.494 e. The van der Waals surface area contributed by atoms with Crippen molar-refractivity contribution in [3.05, 3.63) is 78.1 Å². The number of rotatable bonds is 7. The lowest BCUT2D eigenvalue weighted by Crippen LogP contribution is -2.27. The van der Waals surface area contributed by atoms with Crippen LogP contribution in [0.5, 0.6) is 5.75 Å². The summed E-state index contributed by atoms with van der Waals surface area (Å²) in [7, 11) is 1.42. The standard InChI is InChI=1S/C22H19ClFN3O3S2/c1-30-20-12-15(25-21(28)17-7-2-3-8-18(17)24)9-10-19(20)27(31)22(29)26-14-5-4-6-16(11-14)32-13-23/h2-12,31H,13H2,1H3,(H,25,28)(H,26,29). The SMILES string of the molecule is COc1cc(NC(=O)c2ccccc2F)ccc1N(S)C(=O)Nc1cccc(SCCl)c1. The van der Waals surface area contributed by atoms with Gasteiger partial charge < -0.3 is 15.4 Å². The Morgan fingerprint density at radius 2 is 1.81 bits per heavy atom. The summed E-state index contributed by atoms with van der Waals surface area (Å²) in [6.07, 6.45) is 0. The zero-order chi connectivity index (χ0) is 23.1. The number of benzene rings is 3. The number of urea groups is 1. The zero-order valence-electron chi connectivity index (χ0n) is 16.8. The predicted molar refractivity (Wildman–Crippen MR) is 131 cm³/mol. The van der Waals surface area contributed by atoms with Crippen LogP contribution in [0, 0.1) is 5.82 Å². The molecular weight excluding hydrogens is 473 g/mol. The lowest BCUT2D eigenvalue weighted by molar-refractivity contribution is 0.102. The van der Waals surface area contributed by atoms with Gasteiger partial charge in [-0.15, -0.1) is 23.4 Å². The average molecular weight is 492 g/mol. The molecule has 3 aromatic carbocycles. The number of carbonyl (C=O) groups excluding carboxylic acids is 2. The van der Waals surface area contributed by atoms with Crippen LogP contribution in [-0.4, -0.2) is 24.3 Å². The van der Waals surface area contributed by atoms with Gasteiger partial charge in [0.15, 0.2) is 0 Å². The Morgan fingerprint density at radius 1 is 1.06 bits per heavy atom. The Bertz CT molecular complexity index is 1130. The molecule has 10 heteroatoms. The van der Waals surface area contributed by atoms with Crippen LogP contribution in [0.15, 0.2) is 71.6 Å². The molecule has 0 aliphatic rings. The van der Waals surface area contributed by atoms with Crippen molar-refractivity contribution in [2.24, 2.45) is 0 Å². The molecule has 0 aliphatic heterocycles. The summed E-state index contributed by atoms with van der Waals surface area (Å²) in [5.41, 5.74) is 1.22. The lowest BCUT2D eigenvalue weighted by Gasteiger charge is -2.20. The van der Waals surface area contributed by atoms with Crippen molar-refractivity contribution in [2.75, 3.05) is 27.3 Å². The van der Waals surface area contributed by atoms with Crippen LogP contribution in [0.25, 0.3) is 0 Å². The fraction of sp³-hybridized carbons (Fsp3) is 0.0909. The van der Waals surface area contributed by atoms with E-state index < -0.39 is 17.8 Å². The van der Waals surface area contributed by atoms with Gasteiger partial charge in [-0.3, -0.25) is 4.79 Å². The third kappa shape index (κ3) is 5.87. The fourth-order valence-corrected chi connectivity index (χ4v) is 3.89. The van der Waals surface area contributed by atoms with Crippen LogP contribution in [0.2, 0.25) is 0 Å². The van der Waals surface area contributed by atoms with Gasteiger partial charge in [0, 0.05) is 22.3 Å². The second kappa shape index (κ2) is 11.1. The van der Waals surface area contributed by atoms with Crippen LogP contribution in [0.1, 0.15) is 10.4 Å². The molecule has 166 valence electrons. The van der Waals surface area contributed by atoms with Crippen LogP contribution in [0.4, 0.5) is 26.2 Å². The number of nitrogens with zero attached hydrogens (tertiary/aromatic N) is 1. The molecule has 0 spiro atoms. The third-order valence-electron chi connectivity index (χ3n) is 4.28. The molecule has 3 amide bonds. The van der Waals surface area contributed by atoms with Gasteiger partial charge in [0.2, 0.25) is 0 Å². The van der Waals surface area contributed by atoms with Crippen molar-refractivity contribution in [2.45, 2.75) is 4.90 Å². The molecule has 0 radical (unpaired) electrons. The quantitative estimate of drug-likeness (QED) is 0.207. The van der Waals surface area contributed by atoms with Gasteiger partial charge in [-0.05, 0) is 42.5 Å². The number of hydrogen-bond acceptors (Lipinski definition) is 5. The Balaban J connectivity index is 1.74. The Hall–Kier alpha value is -2.88. The predicted octanol–water partition coefficient (Wildman–Crippen LogP) is 6.26. The molecule has 0 aromatic heterocycles. The summed E-state index contributed by atoms with van der Waals surface area (Å²) in [6, 6.07) is 17.0. The molecule has 3 rings (SSSR count). The van der Waals surface area contributed by atoms with Gasteiger partial charge >= 0.3 is 6.03 Å². The number of nitrogens with one attached hydrogen (secondary N) is 2. The van der Waals surface area contributed by atoms with E-state index in [-0.39, 0.29) is 11.3 Å². The number of halogens is 2. The minimum absolute atomic E-state index is 0.0831. The van der Waals surface area contributed by atoms with Gasteiger partial charge in [-0.1, -0.05) is 31.0 Å². The smallest absolute Gasteiger partial charge is 0.336 e. The molecule has 32 heavy (non-hydrogen) atoms.